The summed E-state index contributed by atoms with van der Waals surface area (Å²) in [5.74, 6) is -3.84. The van der Waals surface area contributed by atoms with Gasteiger partial charge >= 0.3 is 13.9 Å². The molecule has 2 bridgehead atoms. The molecule has 0 unspecified atom stereocenters. The maximum atomic E-state index is 14.3. The molecule has 0 radical (unpaired) electrons. The van der Waals surface area contributed by atoms with Crippen LogP contribution in [-0.2, 0) is 29.9 Å². The van der Waals surface area contributed by atoms with Gasteiger partial charge in [0.25, 0.3) is 11.8 Å². The lowest BCUT2D eigenvalue weighted by molar-refractivity contribution is -0.0658. The fourth-order valence-electron chi connectivity index (χ4n) is 6.78. The van der Waals surface area contributed by atoms with Crippen LogP contribution in [0.5, 0.6) is 5.75 Å². The van der Waals surface area contributed by atoms with E-state index in [4.69, 9.17) is 28.8 Å². The summed E-state index contributed by atoms with van der Waals surface area (Å²) in [5.41, 5.74) is -1.99. The summed E-state index contributed by atoms with van der Waals surface area (Å²) in [7, 11) is -4.86. The zero-order chi connectivity index (χ0) is 36.7. The van der Waals surface area contributed by atoms with E-state index in [1.807, 2.05) is 6.92 Å². The van der Waals surface area contributed by atoms with Gasteiger partial charge in [-0.15, -0.1) is 0 Å². The monoisotopic (exact) mass is 739 g/mol. The fourth-order valence-corrected chi connectivity index (χ4v) is 7.15. The van der Waals surface area contributed by atoms with Crippen LogP contribution in [0.3, 0.4) is 0 Å². The SMILES string of the molecule is CC1=NO[C@@]2(CC[C@H](C)N3C[C@H]2n2cc(C(=O)NCc4ccc(F)cc4F)c(=O)c(OCOC(=O)N4CCOC[C@H]4COP(=O)(O)O)c2C3=O)C1. The van der Waals surface area contributed by atoms with Crippen molar-refractivity contribution in [1.29, 1.82) is 0 Å². The molecule has 6 rings (SSSR count). The van der Waals surface area contributed by atoms with Crippen LogP contribution in [-0.4, -0.2) is 105 Å². The number of pyridine rings is 1. The highest BCUT2D eigenvalue weighted by molar-refractivity contribution is 7.46. The quantitative estimate of drug-likeness (QED) is 0.250. The summed E-state index contributed by atoms with van der Waals surface area (Å²) in [6.07, 6.45) is 1.66. The molecule has 0 saturated carbocycles. The second kappa shape index (κ2) is 14.3. The minimum absolute atomic E-state index is 0.0209. The summed E-state index contributed by atoms with van der Waals surface area (Å²) in [4.78, 5) is 81.6. The topological polar surface area (TPSA) is 208 Å². The summed E-state index contributed by atoms with van der Waals surface area (Å²) in [6.45, 7) is 1.90. The van der Waals surface area contributed by atoms with Crippen LogP contribution in [0.4, 0.5) is 13.6 Å². The maximum absolute atomic E-state index is 14.3. The van der Waals surface area contributed by atoms with Crippen LogP contribution < -0.4 is 15.5 Å². The predicted molar refractivity (Wildman–Crippen MR) is 170 cm³/mol. The first-order valence-electron chi connectivity index (χ1n) is 16.1. The van der Waals surface area contributed by atoms with Crippen molar-refractivity contribution >= 4 is 31.4 Å². The highest BCUT2D eigenvalue weighted by Crippen LogP contribution is 2.46. The van der Waals surface area contributed by atoms with Gasteiger partial charge in [0.15, 0.2) is 11.3 Å². The number of hydrogen-bond acceptors (Lipinski definition) is 11. The lowest BCUT2D eigenvalue weighted by Crippen LogP contribution is -2.52. The molecule has 2 saturated heterocycles. The van der Waals surface area contributed by atoms with Crippen molar-refractivity contribution in [2.24, 2.45) is 5.16 Å². The van der Waals surface area contributed by atoms with Crippen molar-refractivity contribution in [2.75, 3.05) is 39.7 Å². The van der Waals surface area contributed by atoms with E-state index in [0.717, 1.165) is 17.0 Å². The molecule has 4 aliphatic rings. The summed E-state index contributed by atoms with van der Waals surface area (Å²) in [5, 5.41) is 6.64. The Morgan fingerprint density at radius 3 is 2.73 bits per heavy atom. The molecule has 3 amide bonds. The number of carbonyl (C=O) groups is 3. The van der Waals surface area contributed by atoms with Crippen molar-refractivity contribution < 1.29 is 61.1 Å². The molecular formula is C31H36F2N5O12P. The number of hydrogen-bond donors (Lipinski definition) is 3. The predicted octanol–water partition coefficient (Wildman–Crippen LogP) is 2.05. The first kappa shape index (κ1) is 36.4. The Hall–Kier alpha value is -4.42. The molecule has 4 aliphatic heterocycles. The van der Waals surface area contributed by atoms with Crippen LogP contribution in [0.1, 0.15) is 65.6 Å². The number of carbonyl (C=O) groups excluding carboxylic acids is 3. The molecule has 5 heterocycles. The number of benzene rings is 1. The minimum atomic E-state index is -4.86. The summed E-state index contributed by atoms with van der Waals surface area (Å²) >= 11 is 0. The van der Waals surface area contributed by atoms with Crippen LogP contribution in [0.15, 0.2) is 34.3 Å². The third-order valence-corrected chi connectivity index (χ3v) is 9.89. The number of fused-ring (bicyclic) bond motifs is 5. The molecule has 2 aromatic rings. The average Bonchev–Trinajstić information content (AvgIpc) is 3.41. The number of halogens is 2. The van der Waals surface area contributed by atoms with Gasteiger partial charge in [0.2, 0.25) is 18.0 Å². The van der Waals surface area contributed by atoms with Gasteiger partial charge in [0.1, 0.15) is 17.2 Å². The highest BCUT2D eigenvalue weighted by Gasteiger charge is 2.54. The Bertz CT molecular complexity index is 1870. The van der Waals surface area contributed by atoms with Crippen molar-refractivity contribution in [3.63, 3.8) is 0 Å². The molecule has 51 heavy (non-hydrogen) atoms. The summed E-state index contributed by atoms with van der Waals surface area (Å²) in [6, 6.07) is 0.968. The second-order valence-corrected chi connectivity index (χ2v) is 14.0. The van der Waals surface area contributed by atoms with Crippen molar-refractivity contribution in [2.45, 2.75) is 63.4 Å². The van der Waals surface area contributed by atoms with E-state index in [2.05, 4.69) is 15.0 Å². The minimum Gasteiger partial charge on any atom is -0.451 e. The third kappa shape index (κ3) is 7.48. The van der Waals surface area contributed by atoms with E-state index in [-0.39, 0.29) is 43.6 Å². The fraction of sp³-hybridized carbons (Fsp3) is 0.516. The van der Waals surface area contributed by atoms with Gasteiger partial charge in [-0.3, -0.25) is 23.8 Å². The zero-order valence-electron chi connectivity index (χ0n) is 27.6. The van der Waals surface area contributed by atoms with E-state index in [9.17, 15) is 32.5 Å². The van der Waals surface area contributed by atoms with Crippen LogP contribution in [0.25, 0.3) is 0 Å². The van der Waals surface area contributed by atoms with Gasteiger partial charge in [-0.05, 0) is 32.8 Å². The average molecular weight is 740 g/mol. The molecular weight excluding hydrogens is 703 g/mol. The van der Waals surface area contributed by atoms with Crippen LogP contribution in [0.2, 0.25) is 0 Å². The van der Waals surface area contributed by atoms with Gasteiger partial charge in [0, 0.05) is 49.9 Å². The molecule has 4 atom stereocenters. The van der Waals surface area contributed by atoms with Crippen LogP contribution in [0, 0.1) is 11.6 Å². The van der Waals surface area contributed by atoms with Crippen molar-refractivity contribution in [3.8, 4) is 5.75 Å². The largest absolute Gasteiger partial charge is 0.469 e. The molecule has 0 aliphatic carbocycles. The van der Waals surface area contributed by atoms with Gasteiger partial charge in [-0.25, -0.2) is 18.1 Å². The molecule has 276 valence electrons. The normalized spacial score (nSPS) is 24.4. The first-order chi connectivity index (χ1) is 24.2. The number of amides is 3. The van der Waals surface area contributed by atoms with E-state index < -0.39 is 91.7 Å². The number of aromatic nitrogens is 1. The number of nitrogens with zero attached hydrogens (tertiary/aromatic N) is 4. The van der Waals surface area contributed by atoms with Gasteiger partial charge in [-0.1, -0.05) is 11.2 Å². The number of rotatable bonds is 9. The third-order valence-electron chi connectivity index (χ3n) is 9.41. The summed E-state index contributed by atoms with van der Waals surface area (Å²) < 4.78 is 61.3. The molecule has 1 aromatic carbocycles. The molecule has 17 nitrogen and oxygen atoms in total. The Morgan fingerprint density at radius 1 is 1.24 bits per heavy atom. The van der Waals surface area contributed by atoms with E-state index >= 15 is 0 Å². The van der Waals surface area contributed by atoms with E-state index in [1.54, 1.807) is 11.8 Å². The number of oxime groups is 1. The molecule has 3 N–H and O–H groups in total. The van der Waals surface area contributed by atoms with Crippen LogP contribution >= 0.6 is 7.82 Å². The number of nitrogens with one attached hydrogen (secondary N) is 1. The first-order valence-corrected chi connectivity index (χ1v) is 17.6. The Morgan fingerprint density at radius 2 is 2.02 bits per heavy atom. The lowest BCUT2D eigenvalue weighted by Gasteiger charge is -2.42. The van der Waals surface area contributed by atoms with Gasteiger partial charge in [-0.2, -0.15) is 0 Å². The lowest BCUT2D eigenvalue weighted by atomic mass is 9.84. The number of morpholine rings is 1. The molecule has 20 heteroatoms. The maximum Gasteiger partial charge on any atom is 0.469 e. The second-order valence-electron chi connectivity index (χ2n) is 12.8. The van der Waals surface area contributed by atoms with Gasteiger partial charge in [0.05, 0.1) is 37.6 Å². The Balaban J connectivity index is 1.33. The van der Waals surface area contributed by atoms with Crippen molar-refractivity contribution in [1.82, 2.24) is 19.7 Å². The van der Waals surface area contributed by atoms with Gasteiger partial charge < -0.3 is 43.6 Å². The number of phosphoric ester groups is 1. The zero-order valence-corrected chi connectivity index (χ0v) is 28.5. The smallest absolute Gasteiger partial charge is 0.451 e. The Kier molecular flexibility index (Phi) is 10.2. The molecule has 1 spiro atoms. The number of ether oxygens (including phenoxy) is 3. The standard InChI is InChI=1S/C31H36F2N5O12P/c1-17-10-31(50-35-17)6-5-18(2)37-13-24(31)38-12-22(28(40)34-11-19-3-4-20(32)9-23(19)33)26(39)27(25(38)29(37)41)47-16-48-30(42)36-7-8-46-14-21(36)15-49-51(43,44)45/h3-4,9,12,18,21,24H,5-8,10-11,13-16H2,1-2H3,(H,34,40)(H2,43,44,45)/t18-,21-,24+,31-/m0/s1. The molecule has 1 aromatic heterocycles. The Labute approximate surface area is 289 Å². The highest BCUT2D eigenvalue weighted by atomic mass is 31.2. The molecule has 2 fully saturated rings. The van der Waals surface area contributed by atoms with Crippen molar-refractivity contribution in [3.05, 3.63) is 63.1 Å². The van der Waals surface area contributed by atoms with E-state index in [0.29, 0.717) is 31.0 Å². The van der Waals surface area contributed by atoms with E-state index in [1.165, 1.54) is 10.8 Å². The number of phosphoric acid groups is 1.